The molecule has 1 aromatic carbocycles. The number of rotatable bonds is 5. The van der Waals surface area contributed by atoms with Crippen molar-refractivity contribution in [2.24, 2.45) is 11.7 Å². The minimum Gasteiger partial charge on any atom is -0.381 e. The lowest BCUT2D eigenvalue weighted by Gasteiger charge is -2.42. The van der Waals surface area contributed by atoms with E-state index in [-0.39, 0.29) is 17.7 Å². The van der Waals surface area contributed by atoms with Crippen LogP contribution in [0.1, 0.15) is 31.2 Å². The number of likely N-dealkylation sites (tertiary alicyclic amines) is 1. The Morgan fingerprint density at radius 2 is 2.11 bits per heavy atom. The molecule has 0 spiro atoms. The molecule has 2 fully saturated rings. The Hall–Kier alpha value is -1.63. The fourth-order valence-electron chi connectivity index (χ4n) is 4.15. The van der Waals surface area contributed by atoms with Crippen LogP contribution in [0.25, 0.3) is 0 Å². The maximum atomic E-state index is 13.6. The molecule has 2 saturated heterocycles. The van der Waals surface area contributed by atoms with Crippen LogP contribution in [-0.2, 0) is 19.7 Å². The Kier molecular flexibility index (Phi) is 6.73. The van der Waals surface area contributed by atoms with Crippen LogP contribution in [0.5, 0.6) is 0 Å². The Morgan fingerprint density at radius 3 is 2.81 bits per heavy atom. The molecule has 0 aromatic heterocycles. The lowest BCUT2D eigenvalue weighted by Crippen LogP contribution is -2.54. The summed E-state index contributed by atoms with van der Waals surface area (Å²) in [5, 5.41) is 3.48. The third kappa shape index (κ3) is 4.45. The van der Waals surface area contributed by atoms with Crippen molar-refractivity contribution >= 4 is 23.4 Å². The number of ether oxygens (including phenoxy) is 1. The van der Waals surface area contributed by atoms with Crippen LogP contribution in [0.15, 0.2) is 24.3 Å². The molecule has 1 unspecified atom stereocenters. The van der Waals surface area contributed by atoms with Crippen LogP contribution >= 0.6 is 11.6 Å². The van der Waals surface area contributed by atoms with Gasteiger partial charge in [-0.1, -0.05) is 23.7 Å². The average molecular weight is 394 g/mol. The topological polar surface area (TPSA) is 84.7 Å². The molecule has 3 rings (SSSR count). The monoisotopic (exact) mass is 393 g/mol. The van der Waals surface area contributed by atoms with E-state index in [1.165, 1.54) is 0 Å². The summed E-state index contributed by atoms with van der Waals surface area (Å²) in [4.78, 5) is 27.9. The number of benzene rings is 1. The van der Waals surface area contributed by atoms with Crippen LogP contribution in [-0.4, -0.2) is 56.1 Å². The van der Waals surface area contributed by atoms with Crippen molar-refractivity contribution in [1.29, 1.82) is 0 Å². The van der Waals surface area contributed by atoms with Crippen molar-refractivity contribution in [3.05, 3.63) is 34.9 Å². The van der Waals surface area contributed by atoms with Gasteiger partial charge in [-0.05, 0) is 43.4 Å². The van der Waals surface area contributed by atoms with E-state index in [1.54, 1.807) is 0 Å². The summed E-state index contributed by atoms with van der Waals surface area (Å²) in [6.07, 6.45) is 2.89. The minimum atomic E-state index is -0.626. The molecular formula is C20H28ClN3O3. The first-order chi connectivity index (χ1) is 13.1. The highest BCUT2D eigenvalue weighted by Crippen LogP contribution is 2.38. The normalized spacial score (nSPS) is 22.3. The Labute approximate surface area is 165 Å². The third-order valence-corrected chi connectivity index (χ3v) is 5.89. The number of nitrogens with zero attached hydrogens (tertiary/aromatic N) is 1. The molecule has 1 aromatic rings. The molecule has 1 atom stereocenters. The molecule has 2 amide bonds. The first kappa shape index (κ1) is 20.1. The van der Waals surface area contributed by atoms with Gasteiger partial charge in [0.15, 0.2) is 0 Å². The number of hydrogen-bond acceptors (Lipinski definition) is 4. The lowest BCUT2D eigenvalue weighted by atomic mass is 9.72. The Morgan fingerprint density at radius 1 is 1.33 bits per heavy atom. The van der Waals surface area contributed by atoms with Crippen molar-refractivity contribution in [2.75, 3.05) is 39.4 Å². The fourth-order valence-corrected chi connectivity index (χ4v) is 4.34. The molecule has 2 heterocycles. The van der Waals surface area contributed by atoms with E-state index < -0.39 is 5.41 Å². The molecule has 3 N–H and O–H groups in total. The van der Waals surface area contributed by atoms with Crippen LogP contribution in [0, 0.1) is 5.92 Å². The number of hydrogen-bond donors (Lipinski definition) is 2. The Bertz CT molecular complexity index is 676. The molecule has 7 heteroatoms. The second-order valence-electron chi connectivity index (χ2n) is 7.37. The van der Waals surface area contributed by atoms with E-state index in [0.717, 1.165) is 18.4 Å². The maximum Gasteiger partial charge on any atom is 0.233 e. The van der Waals surface area contributed by atoms with Crippen molar-refractivity contribution < 1.29 is 14.3 Å². The van der Waals surface area contributed by atoms with Gasteiger partial charge >= 0.3 is 0 Å². The highest BCUT2D eigenvalue weighted by molar-refractivity contribution is 6.30. The Balaban J connectivity index is 1.81. The predicted octanol–water partition coefficient (Wildman–Crippen LogP) is 1.70. The van der Waals surface area contributed by atoms with E-state index in [2.05, 4.69) is 5.32 Å². The zero-order chi connectivity index (χ0) is 19.3. The molecule has 27 heavy (non-hydrogen) atoms. The van der Waals surface area contributed by atoms with Crippen molar-refractivity contribution in [2.45, 2.75) is 31.1 Å². The lowest BCUT2D eigenvalue weighted by molar-refractivity contribution is -0.144. The van der Waals surface area contributed by atoms with Crippen LogP contribution in [0.4, 0.5) is 0 Å². The summed E-state index contributed by atoms with van der Waals surface area (Å²) in [7, 11) is 0. The zero-order valence-electron chi connectivity index (χ0n) is 15.6. The molecule has 0 saturated carbocycles. The number of carbonyl (C=O) groups excluding carboxylic acids is 2. The van der Waals surface area contributed by atoms with Crippen molar-refractivity contribution in [3.8, 4) is 0 Å². The van der Waals surface area contributed by atoms with E-state index in [4.69, 9.17) is 22.1 Å². The summed E-state index contributed by atoms with van der Waals surface area (Å²) in [6, 6.07) is 7.58. The summed E-state index contributed by atoms with van der Waals surface area (Å²) in [5.74, 6) is -0.100. The number of amides is 2. The van der Waals surface area contributed by atoms with E-state index in [0.29, 0.717) is 57.3 Å². The van der Waals surface area contributed by atoms with E-state index >= 15 is 0 Å². The van der Waals surface area contributed by atoms with Gasteiger partial charge in [0.1, 0.15) is 0 Å². The SMILES string of the molecule is NCCNC(=O)C1CCCN(C(=O)C2(c3cccc(Cl)c3)CCOCC2)C1. The van der Waals surface area contributed by atoms with Gasteiger partial charge in [-0.25, -0.2) is 0 Å². The number of nitrogens with two attached hydrogens (primary N) is 1. The third-order valence-electron chi connectivity index (χ3n) is 5.66. The van der Waals surface area contributed by atoms with Crippen LogP contribution < -0.4 is 11.1 Å². The minimum absolute atomic E-state index is 0.0123. The van der Waals surface area contributed by atoms with E-state index in [9.17, 15) is 9.59 Å². The van der Waals surface area contributed by atoms with Gasteiger partial charge in [-0.2, -0.15) is 0 Å². The van der Waals surface area contributed by atoms with Gasteiger partial charge in [0.2, 0.25) is 11.8 Å². The second kappa shape index (κ2) is 9.04. The fraction of sp³-hybridized carbons (Fsp3) is 0.600. The van der Waals surface area contributed by atoms with Gasteiger partial charge in [-0.15, -0.1) is 0 Å². The summed E-state index contributed by atoms with van der Waals surface area (Å²) in [5.41, 5.74) is 5.79. The van der Waals surface area contributed by atoms with Gasteiger partial charge in [0, 0.05) is 44.4 Å². The highest BCUT2D eigenvalue weighted by Gasteiger charge is 2.45. The largest absolute Gasteiger partial charge is 0.381 e. The summed E-state index contributed by atoms with van der Waals surface area (Å²) >= 11 is 6.21. The summed E-state index contributed by atoms with van der Waals surface area (Å²) < 4.78 is 5.54. The first-order valence-electron chi connectivity index (χ1n) is 9.68. The zero-order valence-corrected chi connectivity index (χ0v) is 16.3. The van der Waals surface area contributed by atoms with Gasteiger partial charge in [0.05, 0.1) is 11.3 Å². The number of carbonyl (C=O) groups is 2. The highest BCUT2D eigenvalue weighted by atomic mass is 35.5. The predicted molar refractivity (Wildman–Crippen MR) is 105 cm³/mol. The molecule has 0 radical (unpaired) electrons. The molecule has 148 valence electrons. The average Bonchev–Trinajstić information content (AvgIpc) is 2.72. The van der Waals surface area contributed by atoms with Gasteiger partial charge < -0.3 is 20.7 Å². The number of piperidine rings is 1. The summed E-state index contributed by atoms with van der Waals surface area (Å²) in [6.45, 7) is 3.12. The van der Waals surface area contributed by atoms with Crippen LogP contribution in [0.3, 0.4) is 0 Å². The molecule has 2 aliphatic rings. The number of nitrogens with one attached hydrogen (secondary N) is 1. The molecule has 6 nitrogen and oxygen atoms in total. The standard InChI is InChI=1S/C20H28ClN3O3/c21-17-5-1-4-16(13-17)20(6-11-27-12-7-20)19(26)24-10-2-3-15(14-24)18(25)23-9-8-22/h1,4-5,13,15H,2-3,6-12,14,22H2,(H,23,25). The molecule has 0 bridgehead atoms. The molecular weight excluding hydrogens is 366 g/mol. The maximum absolute atomic E-state index is 13.6. The van der Waals surface area contributed by atoms with Gasteiger partial charge in [-0.3, -0.25) is 9.59 Å². The second-order valence-corrected chi connectivity index (χ2v) is 7.81. The van der Waals surface area contributed by atoms with E-state index in [1.807, 2.05) is 29.2 Å². The smallest absolute Gasteiger partial charge is 0.233 e. The van der Waals surface area contributed by atoms with Crippen molar-refractivity contribution in [3.63, 3.8) is 0 Å². The molecule has 0 aliphatic carbocycles. The van der Waals surface area contributed by atoms with Crippen LogP contribution in [0.2, 0.25) is 5.02 Å². The number of halogens is 1. The van der Waals surface area contributed by atoms with Crippen molar-refractivity contribution in [1.82, 2.24) is 10.2 Å². The quantitative estimate of drug-likeness (QED) is 0.797. The van der Waals surface area contributed by atoms with Gasteiger partial charge in [0.25, 0.3) is 0 Å². The molecule has 2 aliphatic heterocycles. The first-order valence-corrected chi connectivity index (χ1v) is 10.1.